The molecule has 1 aliphatic heterocycles. The van der Waals surface area contributed by atoms with Crippen molar-refractivity contribution in [3.63, 3.8) is 0 Å². The van der Waals surface area contributed by atoms with E-state index in [0.717, 1.165) is 25.7 Å². The highest BCUT2D eigenvalue weighted by molar-refractivity contribution is 7.92. The molecule has 0 spiro atoms. The summed E-state index contributed by atoms with van der Waals surface area (Å²) in [5.74, 6) is 3.24. The minimum Gasteiger partial charge on any atom is -0.490 e. The third-order valence-electron chi connectivity index (χ3n) is 7.94. The second-order valence-electron chi connectivity index (χ2n) is 10.5. The summed E-state index contributed by atoms with van der Waals surface area (Å²) in [5, 5.41) is 3.11. The average molecular weight is 483 g/mol. The molecular formula is C26H30N2O5S. The van der Waals surface area contributed by atoms with Gasteiger partial charge < -0.3 is 14.8 Å². The van der Waals surface area contributed by atoms with E-state index in [9.17, 15) is 13.2 Å². The van der Waals surface area contributed by atoms with Crippen LogP contribution in [0.1, 0.15) is 44.9 Å². The van der Waals surface area contributed by atoms with Crippen molar-refractivity contribution in [1.29, 1.82) is 0 Å². The Morgan fingerprint density at radius 2 is 1.41 bits per heavy atom. The smallest absolute Gasteiger partial charge is 0.262 e. The van der Waals surface area contributed by atoms with Gasteiger partial charge in [0.2, 0.25) is 5.91 Å². The molecule has 0 radical (unpaired) electrons. The first-order valence-electron chi connectivity index (χ1n) is 12.2. The highest BCUT2D eigenvalue weighted by Crippen LogP contribution is 2.60. The number of benzene rings is 2. The number of carbonyl (C=O) groups excluding carboxylic acids is 1. The van der Waals surface area contributed by atoms with Gasteiger partial charge >= 0.3 is 0 Å². The van der Waals surface area contributed by atoms with Crippen LogP contribution in [0.25, 0.3) is 0 Å². The first kappa shape index (κ1) is 21.8. The Hall–Kier alpha value is -2.74. The average Bonchev–Trinajstić information content (AvgIpc) is 3.04. The van der Waals surface area contributed by atoms with Crippen molar-refractivity contribution in [2.45, 2.75) is 49.8 Å². The van der Waals surface area contributed by atoms with Crippen LogP contribution in [0, 0.1) is 23.2 Å². The normalized spacial score (nSPS) is 29.4. The number of hydrogen-bond acceptors (Lipinski definition) is 5. The van der Waals surface area contributed by atoms with E-state index in [1.54, 1.807) is 30.3 Å². The molecule has 180 valence electrons. The molecule has 0 saturated heterocycles. The van der Waals surface area contributed by atoms with Crippen LogP contribution >= 0.6 is 0 Å². The molecule has 1 heterocycles. The number of nitrogens with one attached hydrogen (secondary N) is 2. The molecule has 2 N–H and O–H groups in total. The Balaban J connectivity index is 1.13. The predicted molar refractivity (Wildman–Crippen MR) is 129 cm³/mol. The summed E-state index contributed by atoms with van der Waals surface area (Å²) < 4.78 is 39.6. The molecule has 5 aliphatic rings. The molecule has 4 bridgehead atoms. The molecule has 0 aromatic heterocycles. The van der Waals surface area contributed by atoms with Gasteiger partial charge in [0.25, 0.3) is 10.0 Å². The summed E-state index contributed by atoms with van der Waals surface area (Å²) in [4.78, 5) is 13.4. The third kappa shape index (κ3) is 4.02. The zero-order valence-corrected chi connectivity index (χ0v) is 19.9. The van der Waals surface area contributed by atoms with Gasteiger partial charge in [0.15, 0.2) is 11.5 Å². The predicted octanol–water partition coefficient (Wildman–Crippen LogP) is 4.80. The summed E-state index contributed by atoms with van der Waals surface area (Å²) in [5.41, 5.74) is 0.908. The van der Waals surface area contributed by atoms with Crippen molar-refractivity contribution >= 4 is 27.3 Å². The van der Waals surface area contributed by atoms with Gasteiger partial charge in [0.1, 0.15) is 0 Å². The summed E-state index contributed by atoms with van der Waals surface area (Å²) in [7, 11) is -3.80. The number of ether oxygens (including phenoxy) is 2. The van der Waals surface area contributed by atoms with Gasteiger partial charge in [-0.25, -0.2) is 8.42 Å². The molecule has 2 aromatic rings. The van der Waals surface area contributed by atoms with Crippen molar-refractivity contribution in [1.82, 2.24) is 0 Å². The SMILES string of the molecule is O=C(Nc1ccc(NS(=O)(=O)c2ccc3c(c2)OCCCO3)cc1)C12CC3CC(CC(C3)C1)C2. The molecule has 34 heavy (non-hydrogen) atoms. The topological polar surface area (TPSA) is 93.7 Å². The maximum atomic E-state index is 13.3. The molecule has 4 fully saturated rings. The van der Waals surface area contributed by atoms with E-state index >= 15 is 0 Å². The minimum atomic E-state index is -3.80. The van der Waals surface area contributed by atoms with Crippen LogP contribution in [0.15, 0.2) is 47.4 Å². The third-order valence-corrected chi connectivity index (χ3v) is 9.32. The van der Waals surface area contributed by atoms with E-state index in [-0.39, 0.29) is 16.2 Å². The van der Waals surface area contributed by atoms with Gasteiger partial charge in [0.05, 0.1) is 23.5 Å². The zero-order chi connectivity index (χ0) is 23.3. The van der Waals surface area contributed by atoms with Gasteiger partial charge in [-0.1, -0.05) is 0 Å². The van der Waals surface area contributed by atoms with Gasteiger partial charge in [-0.2, -0.15) is 0 Å². The minimum absolute atomic E-state index is 0.107. The molecule has 0 unspecified atom stereocenters. The van der Waals surface area contributed by atoms with Crippen molar-refractivity contribution < 1.29 is 22.7 Å². The van der Waals surface area contributed by atoms with Gasteiger partial charge in [-0.15, -0.1) is 0 Å². The maximum Gasteiger partial charge on any atom is 0.262 e. The van der Waals surface area contributed by atoms with Crippen LogP contribution in [-0.4, -0.2) is 27.5 Å². The zero-order valence-electron chi connectivity index (χ0n) is 19.1. The van der Waals surface area contributed by atoms with Crippen LogP contribution < -0.4 is 19.5 Å². The summed E-state index contributed by atoms with van der Waals surface area (Å²) in [6.07, 6.45) is 7.68. The molecule has 7 nitrogen and oxygen atoms in total. The molecule has 4 saturated carbocycles. The van der Waals surface area contributed by atoms with Crippen molar-refractivity contribution in [2.75, 3.05) is 23.3 Å². The lowest BCUT2D eigenvalue weighted by Crippen LogP contribution is -2.51. The summed E-state index contributed by atoms with van der Waals surface area (Å²) in [6, 6.07) is 11.5. The maximum absolute atomic E-state index is 13.3. The lowest BCUT2D eigenvalue weighted by Gasteiger charge is -2.55. The van der Waals surface area contributed by atoms with Crippen molar-refractivity contribution in [2.24, 2.45) is 23.2 Å². The van der Waals surface area contributed by atoms with Crippen molar-refractivity contribution in [3.05, 3.63) is 42.5 Å². The fourth-order valence-electron chi connectivity index (χ4n) is 6.80. The Kier molecular flexibility index (Phi) is 5.24. The van der Waals surface area contributed by atoms with Crippen LogP contribution in [0.3, 0.4) is 0 Å². The number of anilines is 2. The highest BCUT2D eigenvalue weighted by atomic mass is 32.2. The molecule has 4 aliphatic carbocycles. The first-order chi connectivity index (χ1) is 16.4. The number of fused-ring (bicyclic) bond motifs is 1. The van der Waals surface area contributed by atoms with Gasteiger partial charge in [-0.3, -0.25) is 9.52 Å². The number of rotatable bonds is 5. The van der Waals surface area contributed by atoms with E-state index in [0.29, 0.717) is 53.8 Å². The van der Waals surface area contributed by atoms with E-state index in [1.165, 1.54) is 31.4 Å². The lowest BCUT2D eigenvalue weighted by molar-refractivity contribution is -0.140. The number of sulfonamides is 1. The number of hydrogen-bond donors (Lipinski definition) is 2. The molecule has 2 aromatic carbocycles. The van der Waals surface area contributed by atoms with E-state index in [2.05, 4.69) is 10.0 Å². The summed E-state index contributed by atoms with van der Waals surface area (Å²) >= 11 is 0. The molecule has 1 amide bonds. The first-order valence-corrected chi connectivity index (χ1v) is 13.7. The van der Waals surface area contributed by atoms with Crippen LogP contribution in [0.4, 0.5) is 11.4 Å². The fraction of sp³-hybridized carbons (Fsp3) is 0.500. The second kappa shape index (κ2) is 8.18. The highest BCUT2D eigenvalue weighted by Gasteiger charge is 2.54. The Bertz CT molecular complexity index is 1170. The van der Waals surface area contributed by atoms with Gasteiger partial charge in [-0.05, 0) is 92.7 Å². The van der Waals surface area contributed by atoms with Crippen molar-refractivity contribution in [3.8, 4) is 11.5 Å². The Labute approximate surface area is 200 Å². The monoisotopic (exact) mass is 482 g/mol. The second-order valence-corrected chi connectivity index (χ2v) is 12.2. The molecular weight excluding hydrogens is 452 g/mol. The van der Waals surface area contributed by atoms with Gasteiger partial charge in [0, 0.05) is 23.9 Å². The van der Waals surface area contributed by atoms with Crippen LogP contribution in [0.5, 0.6) is 11.5 Å². The van der Waals surface area contributed by atoms with E-state index < -0.39 is 10.0 Å². The quantitative estimate of drug-likeness (QED) is 0.638. The van der Waals surface area contributed by atoms with Crippen LogP contribution in [-0.2, 0) is 14.8 Å². The van der Waals surface area contributed by atoms with Crippen LogP contribution in [0.2, 0.25) is 0 Å². The molecule has 0 atom stereocenters. The number of amides is 1. The molecule has 7 rings (SSSR count). The fourth-order valence-corrected chi connectivity index (χ4v) is 7.87. The standard InChI is InChI=1S/C26H30N2O5S/c29-25(26-14-17-10-18(15-26)12-19(11-17)16-26)27-20-2-4-21(5-3-20)28-34(30,31)22-6-7-23-24(13-22)33-9-1-8-32-23/h2-7,13,17-19,28H,1,8-12,14-16H2,(H,27,29). The molecule has 8 heteroatoms. The lowest BCUT2D eigenvalue weighted by atomic mass is 9.49. The Morgan fingerprint density at radius 3 is 2.06 bits per heavy atom. The Morgan fingerprint density at radius 1 is 0.824 bits per heavy atom. The largest absolute Gasteiger partial charge is 0.490 e. The summed E-state index contributed by atoms with van der Waals surface area (Å²) in [6.45, 7) is 1.03. The van der Waals surface area contributed by atoms with E-state index in [1.807, 2.05) is 0 Å². The number of carbonyl (C=O) groups is 1. The van der Waals surface area contributed by atoms with E-state index in [4.69, 9.17) is 9.47 Å².